The molecule has 0 atom stereocenters. The Balaban J connectivity index is 2.05. The standard InChI is InChI=1S/C20H22F2N2O5S/c1-11-16(19(26)28-3)18(30-17(11)20(27)29-4)23-15(25)7-8-24(2)10-12-5-6-13(21)9-14(12)22/h5-6,9H,7-8,10H2,1-4H3,(H,23,25). The lowest BCUT2D eigenvalue weighted by molar-refractivity contribution is -0.116. The van der Waals surface area contributed by atoms with Gasteiger partial charge in [-0.25, -0.2) is 18.4 Å². The van der Waals surface area contributed by atoms with Crippen molar-refractivity contribution in [3.8, 4) is 0 Å². The highest BCUT2D eigenvalue weighted by atomic mass is 32.1. The molecule has 0 spiro atoms. The van der Waals surface area contributed by atoms with Crippen molar-refractivity contribution < 1.29 is 32.6 Å². The van der Waals surface area contributed by atoms with Gasteiger partial charge in [-0.2, -0.15) is 0 Å². The third-order valence-electron chi connectivity index (χ3n) is 4.34. The monoisotopic (exact) mass is 440 g/mol. The maximum atomic E-state index is 13.8. The lowest BCUT2D eigenvalue weighted by Crippen LogP contribution is -2.24. The van der Waals surface area contributed by atoms with E-state index in [0.717, 1.165) is 17.4 Å². The number of carbonyl (C=O) groups is 3. The number of anilines is 1. The predicted molar refractivity (Wildman–Crippen MR) is 108 cm³/mol. The summed E-state index contributed by atoms with van der Waals surface area (Å²) < 4.78 is 36.2. The Bertz CT molecular complexity index is 961. The zero-order valence-electron chi connectivity index (χ0n) is 17.0. The Morgan fingerprint density at radius 2 is 1.80 bits per heavy atom. The average molecular weight is 440 g/mol. The Hall–Kier alpha value is -2.85. The van der Waals surface area contributed by atoms with Gasteiger partial charge in [-0.05, 0) is 25.6 Å². The number of halogens is 2. The summed E-state index contributed by atoms with van der Waals surface area (Å²) in [5, 5.41) is 2.82. The fraction of sp³-hybridized carbons (Fsp3) is 0.350. The summed E-state index contributed by atoms with van der Waals surface area (Å²) in [5.74, 6) is -3.01. The van der Waals surface area contributed by atoms with Gasteiger partial charge in [0.15, 0.2) is 0 Å². The zero-order chi connectivity index (χ0) is 22.4. The molecule has 2 aromatic rings. The van der Waals surface area contributed by atoms with Gasteiger partial charge in [-0.15, -0.1) is 11.3 Å². The van der Waals surface area contributed by atoms with E-state index in [1.165, 1.54) is 26.4 Å². The Morgan fingerprint density at radius 3 is 2.40 bits per heavy atom. The van der Waals surface area contributed by atoms with Gasteiger partial charge in [0, 0.05) is 31.1 Å². The molecule has 1 amide bonds. The number of carbonyl (C=O) groups excluding carboxylic acids is 3. The first-order chi connectivity index (χ1) is 14.2. The van der Waals surface area contributed by atoms with E-state index in [2.05, 4.69) is 5.32 Å². The molecule has 30 heavy (non-hydrogen) atoms. The Kier molecular flexibility index (Phi) is 8.01. The molecule has 7 nitrogen and oxygen atoms in total. The summed E-state index contributed by atoms with van der Waals surface area (Å²) in [7, 11) is 4.12. The van der Waals surface area contributed by atoms with Crippen molar-refractivity contribution in [3.05, 3.63) is 51.4 Å². The molecular weight excluding hydrogens is 418 g/mol. The van der Waals surface area contributed by atoms with Crippen LogP contribution in [0.2, 0.25) is 0 Å². The molecule has 1 aromatic carbocycles. The van der Waals surface area contributed by atoms with Gasteiger partial charge in [0.1, 0.15) is 21.5 Å². The molecule has 0 fully saturated rings. The second-order valence-corrected chi connectivity index (χ2v) is 7.54. The number of nitrogens with one attached hydrogen (secondary N) is 1. The van der Waals surface area contributed by atoms with Crippen molar-refractivity contribution >= 4 is 34.2 Å². The quantitative estimate of drug-likeness (QED) is 0.634. The van der Waals surface area contributed by atoms with Crippen molar-refractivity contribution in [1.29, 1.82) is 0 Å². The largest absolute Gasteiger partial charge is 0.465 e. The van der Waals surface area contributed by atoms with Crippen LogP contribution in [-0.4, -0.2) is 50.6 Å². The van der Waals surface area contributed by atoms with Gasteiger partial charge < -0.3 is 19.7 Å². The van der Waals surface area contributed by atoms with Crippen LogP contribution in [0.5, 0.6) is 0 Å². The number of thiophene rings is 1. The molecule has 0 aliphatic carbocycles. The minimum Gasteiger partial charge on any atom is -0.465 e. The summed E-state index contributed by atoms with van der Waals surface area (Å²) in [6.45, 7) is 2.04. The Labute approximate surface area is 176 Å². The molecule has 10 heteroatoms. The molecule has 1 heterocycles. The SMILES string of the molecule is COC(=O)c1sc(NC(=O)CCN(C)Cc2ccc(F)cc2F)c(C(=O)OC)c1C. The van der Waals surface area contributed by atoms with Crippen LogP contribution < -0.4 is 5.32 Å². The van der Waals surface area contributed by atoms with E-state index in [9.17, 15) is 23.2 Å². The minimum atomic E-state index is -0.682. The van der Waals surface area contributed by atoms with Crippen LogP contribution >= 0.6 is 11.3 Å². The van der Waals surface area contributed by atoms with Crippen LogP contribution in [0.15, 0.2) is 18.2 Å². The van der Waals surface area contributed by atoms with Crippen LogP contribution in [0.3, 0.4) is 0 Å². The van der Waals surface area contributed by atoms with Gasteiger partial charge in [-0.3, -0.25) is 4.79 Å². The van der Waals surface area contributed by atoms with Crippen LogP contribution in [-0.2, 0) is 20.8 Å². The predicted octanol–water partition coefficient (Wildman–Crippen LogP) is 3.37. The van der Waals surface area contributed by atoms with E-state index in [1.807, 2.05) is 0 Å². The maximum absolute atomic E-state index is 13.8. The van der Waals surface area contributed by atoms with E-state index in [-0.39, 0.29) is 35.0 Å². The van der Waals surface area contributed by atoms with Crippen LogP contribution in [0, 0.1) is 18.6 Å². The van der Waals surface area contributed by atoms with Crippen LogP contribution in [0.25, 0.3) is 0 Å². The molecule has 0 radical (unpaired) electrons. The van der Waals surface area contributed by atoms with Gasteiger partial charge in [-0.1, -0.05) is 6.07 Å². The van der Waals surface area contributed by atoms with E-state index in [1.54, 1.807) is 18.9 Å². The van der Waals surface area contributed by atoms with Gasteiger partial charge in [0.2, 0.25) is 5.91 Å². The summed E-state index contributed by atoms with van der Waals surface area (Å²) in [5.41, 5.74) is 0.764. The maximum Gasteiger partial charge on any atom is 0.348 e. The molecule has 0 saturated carbocycles. The molecule has 2 rings (SSSR count). The summed E-state index contributed by atoms with van der Waals surface area (Å²) in [6.07, 6.45) is 0.0461. The van der Waals surface area contributed by atoms with Crippen molar-refractivity contribution in [3.63, 3.8) is 0 Å². The minimum absolute atomic E-state index is 0.0461. The highest BCUT2D eigenvalue weighted by molar-refractivity contribution is 7.18. The second-order valence-electron chi connectivity index (χ2n) is 6.52. The number of nitrogens with zero attached hydrogens (tertiary/aromatic N) is 1. The fourth-order valence-corrected chi connectivity index (χ4v) is 3.87. The van der Waals surface area contributed by atoms with E-state index < -0.39 is 29.5 Å². The number of benzene rings is 1. The smallest absolute Gasteiger partial charge is 0.348 e. The first-order valence-corrected chi connectivity index (χ1v) is 9.71. The molecule has 0 bridgehead atoms. The molecule has 0 aliphatic heterocycles. The van der Waals surface area contributed by atoms with Gasteiger partial charge >= 0.3 is 11.9 Å². The molecule has 1 N–H and O–H groups in total. The zero-order valence-corrected chi connectivity index (χ0v) is 17.8. The molecule has 0 saturated heterocycles. The van der Waals surface area contributed by atoms with Crippen molar-refractivity contribution in [2.45, 2.75) is 19.9 Å². The topological polar surface area (TPSA) is 84.9 Å². The third kappa shape index (κ3) is 5.61. The number of esters is 2. The molecule has 0 aliphatic rings. The number of hydrogen-bond donors (Lipinski definition) is 1. The van der Waals surface area contributed by atoms with Crippen LogP contribution in [0.1, 0.15) is 37.6 Å². The fourth-order valence-electron chi connectivity index (χ4n) is 2.74. The number of methoxy groups -OCH3 is 2. The van der Waals surface area contributed by atoms with E-state index >= 15 is 0 Å². The summed E-state index contributed by atoms with van der Waals surface area (Å²) in [4.78, 5) is 38.3. The van der Waals surface area contributed by atoms with Crippen LogP contribution in [0.4, 0.5) is 13.8 Å². The second kappa shape index (κ2) is 10.3. The first-order valence-electron chi connectivity index (χ1n) is 8.90. The van der Waals surface area contributed by atoms with Crippen molar-refractivity contribution in [1.82, 2.24) is 4.90 Å². The third-order valence-corrected chi connectivity index (χ3v) is 5.52. The lowest BCUT2D eigenvalue weighted by Gasteiger charge is -2.17. The number of rotatable bonds is 8. The number of ether oxygens (including phenoxy) is 2. The van der Waals surface area contributed by atoms with Gasteiger partial charge in [0.05, 0.1) is 19.8 Å². The molecule has 0 unspecified atom stereocenters. The highest BCUT2D eigenvalue weighted by Gasteiger charge is 2.26. The van der Waals surface area contributed by atoms with Crippen molar-refractivity contribution in [2.24, 2.45) is 0 Å². The first kappa shape index (κ1) is 23.4. The number of amides is 1. The highest BCUT2D eigenvalue weighted by Crippen LogP contribution is 2.34. The van der Waals surface area contributed by atoms with Gasteiger partial charge in [0.25, 0.3) is 0 Å². The molecule has 162 valence electrons. The lowest BCUT2D eigenvalue weighted by atomic mass is 10.1. The average Bonchev–Trinajstić information content (AvgIpc) is 3.03. The summed E-state index contributed by atoms with van der Waals surface area (Å²) in [6, 6.07) is 3.33. The Morgan fingerprint density at radius 1 is 1.13 bits per heavy atom. The number of hydrogen-bond acceptors (Lipinski definition) is 7. The van der Waals surface area contributed by atoms with Crippen molar-refractivity contribution in [2.75, 3.05) is 33.1 Å². The molecule has 1 aromatic heterocycles. The molecular formula is C20H22F2N2O5S. The summed E-state index contributed by atoms with van der Waals surface area (Å²) >= 11 is 0.925. The van der Waals surface area contributed by atoms with E-state index in [0.29, 0.717) is 11.1 Å². The normalized spacial score (nSPS) is 10.8. The van der Waals surface area contributed by atoms with E-state index in [4.69, 9.17) is 9.47 Å².